The number of nitrogens with zero attached hydrogens (tertiary/aromatic N) is 1. The third kappa shape index (κ3) is 3.11. The molecule has 0 spiro atoms. The van der Waals surface area contributed by atoms with Crippen molar-refractivity contribution >= 4 is 17.6 Å². The maximum atomic E-state index is 12.2. The molecule has 2 aliphatic rings. The second-order valence-electron chi connectivity index (χ2n) is 6.82. The van der Waals surface area contributed by atoms with Gasteiger partial charge in [-0.2, -0.15) is 0 Å². The molecule has 0 radical (unpaired) electrons. The normalized spacial score (nSPS) is 26.9. The molecule has 1 aromatic rings. The number of hydrogen-bond acceptors (Lipinski definition) is 3. The summed E-state index contributed by atoms with van der Waals surface area (Å²) in [5.41, 5.74) is 1.40. The summed E-state index contributed by atoms with van der Waals surface area (Å²) in [5, 5.41) is 12.5. The van der Waals surface area contributed by atoms with Crippen LogP contribution in [0.25, 0.3) is 0 Å². The van der Waals surface area contributed by atoms with E-state index in [1.54, 1.807) is 0 Å². The van der Waals surface area contributed by atoms with Gasteiger partial charge >= 0.3 is 5.97 Å². The molecule has 23 heavy (non-hydrogen) atoms. The highest BCUT2D eigenvalue weighted by atomic mass is 16.4. The highest BCUT2D eigenvalue weighted by Crippen LogP contribution is 2.48. The van der Waals surface area contributed by atoms with Crippen LogP contribution in [0.3, 0.4) is 0 Å². The van der Waals surface area contributed by atoms with Crippen LogP contribution in [0.1, 0.15) is 31.7 Å². The van der Waals surface area contributed by atoms with E-state index < -0.39 is 11.4 Å². The molecule has 1 aliphatic heterocycles. The van der Waals surface area contributed by atoms with Crippen molar-refractivity contribution in [1.29, 1.82) is 0 Å². The van der Waals surface area contributed by atoms with Crippen LogP contribution in [0, 0.1) is 11.3 Å². The number of nitrogens with one attached hydrogen (secondary N) is 1. The average Bonchev–Trinajstić information content (AvgIpc) is 3.05. The number of rotatable bonds is 5. The topological polar surface area (TPSA) is 69.6 Å². The quantitative estimate of drug-likeness (QED) is 0.875. The molecule has 1 heterocycles. The lowest BCUT2D eigenvalue weighted by Gasteiger charge is -2.23. The van der Waals surface area contributed by atoms with Gasteiger partial charge in [-0.25, -0.2) is 0 Å². The van der Waals surface area contributed by atoms with Crippen LogP contribution in [0.15, 0.2) is 24.3 Å². The summed E-state index contributed by atoms with van der Waals surface area (Å²) in [6.07, 6.45) is 3.66. The molecule has 0 unspecified atom stereocenters. The Balaban J connectivity index is 1.57. The number of carbonyl (C=O) groups excluding carboxylic acids is 1. The van der Waals surface area contributed by atoms with E-state index in [2.05, 4.69) is 12.2 Å². The highest BCUT2D eigenvalue weighted by Gasteiger charge is 2.54. The number of benzene rings is 1. The molecule has 5 nitrogen and oxygen atoms in total. The molecule has 0 bridgehead atoms. The number of amides is 1. The van der Waals surface area contributed by atoms with Gasteiger partial charge in [-0.1, -0.05) is 25.5 Å². The van der Waals surface area contributed by atoms with Crippen LogP contribution in [-0.2, 0) is 16.0 Å². The lowest BCUT2D eigenvalue weighted by molar-refractivity contribution is -0.149. The number of carboxylic acids is 1. The van der Waals surface area contributed by atoms with E-state index >= 15 is 0 Å². The second kappa shape index (κ2) is 6.32. The van der Waals surface area contributed by atoms with Gasteiger partial charge in [-0.3, -0.25) is 14.5 Å². The highest BCUT2D eigenvalue weighted by molar-refractivity contribution is 5.92. The van der Waals surface area contributed by atoms with Gasteiger partial charge < -0.3 is 10.4 Å². The van der Waals surface area contributed by atoms with Crippen LogP contribution in [0.2, 0.25) is 0 Å². The Morgan fingerprint density at radius 3 is 2.70 bits per heavy atom. The first kappa shape index (κ1) is 16.0. The first-order valence-electron chi connectivity index (χ1n) is 8.38. The predicted octanol–water partition coefficient (Wildman–Crippen LogP) is 2.37. The van der Waals surface area contributed by atoms with Gasteiger partial charge in [0.2, 0.25) is 5.91 Å². The lowest BCUT2D eigenvalue weighted by Crippen LogP contribution is -2.37. The van der Waals surface area contributed by atoms with Crippen molar-refractivity contribution in [3.8, 4) is 0 Å². The zero-order valence-electron chi connectivity index (χ0n) is 13.5. The smallest absolute Gasteiger partial charge is 0.311 e. The molecule has 1 saturated heterocycles. The van der Waals surface area contributed by atoms with E-state index in [4.69, 9.17) is 0 Å². The van der Waals surface area contributed by atoms with E-state index in [0.717, 1.165) is 31.4 Å². The zero-order valence-corrected chi connectivity index (χ0v) is 13.5. The molecule has 3 rings (SSSR count). The summed E-state index contributed by atoms with van der Waals surface area (Å²) in [6, 6.07) is 7.84. The number of aliphatic carboxylic acids is 1. The van der Waals surface area contributed by atoms with Crippen molar-refractivity contribution in [1.82, 2.24) is 4.90 Å². The first-order chi connectivity index (χ1) is 11.0. The van der Waals surface area contributed by atoms with E-state index in [1.807, 2.05) is 29.2 Å². The standard InChI is InChI=1S/C18H24N2O3/c1-2-13-5-7-15(8-6-13)19-16(21)11-20-10-14-4-3-9-18(14,12-20)17(22)23/h5-8,14H,2-4,9-12H2,1H3,(H,19,21)(H,22,23)/t14-,18+/m0/s1. The van der Waals surface area contributed by atoms with Crippen molar-refractivity contribution in [3.05, 3.63) is 29.8 Å². The SMILES string of the molecule is CCc1ccc(NC(=O)CN2C[C@@H]3CCC[C@@]3(C(=O)O)C2)cc1. The molecule has 1 saturated carbocycles. The fourth-order valence-electron chi connectivity index (χ4n) is 4.09. The monoisotopic (exact) mass is 316 g/mol. The summed E-state index contributed by atoms with van der Waals surface area (Å²) in [4.78, 5) is 25.9. The molecule has 0 aromatic heterocycles. The van der Waals surface area contributed by atoms with Crippen LogP contribution in [-0.4, -0.2) is 41.5 Å². The predicted molar refractivity (Wildman–Crippen MR) is 88.3 cm³/mol. The summed E-state index contributed by atoms with van der Waals surface area (Å²) >= 11 is 0. The van der Waals surface area contributed by atoms with Gasteiger partial charge in [-0.05, 0) is 42.9 Å². The Labute approximate surface area is 136 Å². The Hall–Kier alpha value is -1.88. The molecule has 124 valence electrons. The molecular formula is C18H24N2O3. The molecule has 2 fully saturated rings. The van der Waals surface area contributed by atoms with E-state index in [0.29, 0.717) is 13.1 Å². The second-order valence-corrected chi connectivity index (χ2v) is 6.82. The third-order valence-corrected chi connectivity index (χ3v) is 5.38. The molecule has 2 atom stereocenters. The third-order valence-electron chi connectivity index (χ3n) is 5.38. The largest absolute Gasteiger partial charge is 0.481 e. The summed E-state index contributed by atoms with van der Waals surface area (Å²) in [5.74, 6) is -0.579. The molecule has 1 aromatic carbocycles. The average molecular weight is 316 g/mol. The molecule has 2 N–H and O–H groups in total. The minimum Gasteiger partial charge on any atom is -0.481 e. The van der Waals surface area contributed by atoms with E-state index in [-0.39, 0.29) is 18.4 Å². The van der Waals surface area contributed by atoms with Gasteiger partial charge in [0.05, 0.1) is 12.0 Å². The molecule has 5 heteroatoms. The summed E-state index contributed by atoms with van der Waals surface area (Å²) in [7, 11) is 0. The van der Waals surface area contributed by atoms with Crippen molar-refractivity contribution < 1.29 is 14.7 Å². The Bertz CT molecular complexity index is 599. The first-order valence-corrected chi connectivity index (χ1v) is 8.38. The van der Waals surface area contributed by atoms with Crippen LogP contribution < -0.4 is 5.32 Å². The minimum absolute atomic E-state index is 0.0743. The Morgan fingerprint density at radius 2 is 2.09 bits per heavy atom. The number of aryl methyl sites for hydroxylation is 1. The number of likely N-dealkylation sites (tertiary alicyclic amines) is 1. The zero-order chi connectivity index (χ0) is 16.4. The van der Waals surface area contributed by atoms with Crippen molar-refractivity contribution in [2.45, 2.75) is 32.6 Å². The van der Waals surface area contributed by atoms with Crippen LogP contribution >= 0.6 is 0 Å². The van der Waals surface area contributed by atoms with Gasteiger partial charge in [-0.15, -0.1) is 0 Å². The number of anilines is 1. The van der Waals surface area contributed by atoms with Crippen molar-refractivity contribution in [3.63, 3.8) is 0 Å². The number of carbonyl (C=O) groups is 2. The number of carboxylic acid groups (broad SMARTS) is 1. The van der Waals surface area contributed by atoms with Gasteiger partial charge in [0.25, 0.3) is 0 Å². The lowest BCUT2D eigenvalue weighted by atomic mass is 9.81. The van der Waals surface area contributed by atoms with Crippen molar-refractivity contribution in [2.24, 2.45) is 11.3 Å². The van der Waals surface area contributed by atoms with Crippen LogP contribution in [0.5, 0.6) is 0 Å². The molecule has 1 aliphatic carbocycles. The summed E-state index contributed by atoms with van der Waals surface area (Å²) in [6.45, 7) is 3.57. The molecular weight excluding hydrogens is 292 g/mol. The minimum atomic E-state index is -0.696. The maximum absolute atomic E-state index is 12.2. The van der Waals surface area contributed by atoms with E-state index in [9.17, 15) is 14.7 Å². The fraction of sp³-hybridized carbons (Fsp3) is 0.556. The maximum Gasteiger partial charge on any atom is 0.311 e. The fourth-order valence-corrected chi connectivity index (χ4v) is 4.09. The Morgan fingerprint density at radius 1 is 1.35 bits per heavy atom. The van der Waals surface area contributed by atoms with Crippen molar-refractivity contribution in [2.75, 3.05) is 25.0 Å². The van der Waals surface area contributed by atoms with Crippen LogP contribution in [0.4, 0.5) is 5.69 Å². The van der Waals surface area contributed by atoms with Gasteiger partial charge in [0, 0.05) is 18.8 Å². The number of hydrogen-bond donors (Lipinski definition) is 2. The summed E-state index contributed by atoms with van der Waals surface area (Å²) < 4.78 is 0. The van der Waals surface area contributed by atoms with E-state index in [1.165, 1.54) is 5.56 Å². The Kier molecular flexibility index (Phi) is 4.39. The van der Waals surface area contributed by atoms with Gasteiger partial charge in [0.1, 0.15) is 0 Å². The van der Waals surface area contributed by atoms with Gasteiger partial charge in [0.15, 0.2) is 0 Å². The molecule has 1 amide bonds. The number of fused-ring (bicyclic) bond motifs is 1.